The van der Waals surface area contributed by atoms with Crippen molar-refractivity contribution in [1.82, 2.24) is 5.32 Å². The average Bonchev–Trinajstić information content (AvgIpc) is 2.49. The fraction of sp³-hybridized carbons (Fsp3) is 0.667. The molecule has 1 fully saturated rings. The lowest BCUT2D eigenvalue weighted by Gasteiger charge is -2.40. The van der Waals surface area contributed by atoms with Gasteiger partial charge in [-0.3, -0.25) is 0 Å². The first-order chi connectivity index (χ1) is 10.1. The summed E-state index contributed by atoms with van der Waals surface area (Å²) in [5, 5.41) is 3.39. The van der Waals surface area contributed by atoms with Crippen LogP contribution in [0.4, 0.5) is 10.1 Å². The van der Waals surface area contributed by atoms with Crippen molar-refractivity contribution < 1.29 is 4.39 Å². The molecule has 0 atom stereocenters. The minimum absolute atomic E-state index is 0.0779. The normalized spacial score (nSPS) is 18.0. The van der Waals surface area contributed by atoms with Crippen molar-refractivity contribution in [3.8, 4) is 0 Å². The molecule has 1 aromatic carbocycles. The molecule has 0 unspecified atom stereocenters. The highest BCUT2D eigenvalue weighted by atomic mass is 19.1. The number of benzene rings is 1. The van der Waals surface area contributed by atoms with E-state index in [0.29, 0.717) is 5.41 Å². The first-order valence-corrected chi connectivity index (χ1v) is 8.32. The van der Waals surface area contributed by atoms with Crippen LogP contribution in [0.1, 0.15) is 52.0 Å². The van der Waals surface area contributed by atoms with Crippen molar-refractivity contribution in [2.45, 2.75) is 53.0 Å². The molecular formula is C18H29FN2. The first kappa shape index (κ1) is 16.3. The quantitative estimate of drug-likeness (QED) is 0.785. The topological polar surface area (TPSA) is 15.3 Å². The second-order valence-corrected chi connectivity index (χ2v) is 6.58. The van der Waals surface area contributed by atoms with Gasteiger partial charge in [-0.15, -0.1) is 0 Å². The summed E-state index contributed by atoms with van der Waals surface area (Å²) >= 11 is 0. The molecule has 0 bridgehead atoms. The summed E-state index contributed by atoms with van der Waals surface area (Å²) in [4.78, 5) is 2.25. The minimum Gasteiger partial charge on any atom is -0.369 e. The predicted octanol–water partition coefficient (Wildman–Crippen LogP) is 4.34. The van der Waals surface area contributed by atoms with Gasteiger partial charge in [0.05, 0.1) is 5.69 Å². The van der Waals surface area contributed by atoms with Gasteiger partial charge in [0, 0.05) is 19.6 Å². The van der Waals surface area contributed by atoms with Crippen LogP contribution < -0.4 is 10.2 Å². The van der Waals surface area contributed by atoms with E-state index >= 15 is 0 Å². The number of para-hydroxylation sites is 1. The van der Waals surface area contributed by atoms with Crippen LogP contribution in [0, 0.1) is 11.2 Å². The predicted molar refractivity (Wildman–Crippen MR) is 88.2 cm³/mol. The van der Waals surface area contributed by atoms with E-state index in [-0.39, 0.29) is 5.82 Å². The summed E-state index contributed by atoms with van der Waals surface area (Å²) in [6.45, 7) is 10.4. The number of hydrogen-bond donors (Lipinski definition) is 1. The fourth-order valence-electron chi connectivity index (χ4n) is 3.08. The van der Waals surface area contributed by atoms with Crippen molar-refractivity contribution in [1.29, 1.82) is 0 Å². The van der Waals surface area contributed by atoms with E-state index in [1.54, 1.807) is 6.07 Å². The molecule has 0 spiro atoms. The third-order valence-electron chi connectivity index (χ3n) is 4.95. The van der Waals surface area contributed by atoms with Crippen molar-refractivity contribution in [3.05, 3.63) is 29.6 Å². The third-order valence-corrected chi connectivity index (χ3v) is 4.95. The molecule has 0 amide bonds. The number of nitrogens with one attached hydrogen (secondary N) is 1. The van der Waals surface area contributed by atoms with Gasteiger partial charge in [-0.25, -0.2) is 4.39 Å². The number of piperidine rings is 1. The summed E-state index contributed by atoms with van der Waals surface area (Å²) in [6, 6.07) is 5.46. The van der Waals surface area contributed by atoms with Crippen LogP contribution in [-0.2, 0) is 6.54 Å². The molecule has 1 N–H and O–H groups in total. The molecule has 0 aliphatic carbocycles. The number of nitrogens with zero attached hydrogens (tertiary/aromatic N) is 1. The molecule has 2 rings (SSSR count). The highest BCUT2D eigenvalue weighted by Crippen LogP contribution is 2.37. The minimum atomic E-state index is -0.0779. The Labute approximate surface area is 128 Å². The number of anilines is 1. The Kier molecular flexibility index (Phi) is 5.63. The zero-order valence-corrected chi connectivity index (χ0v) is 13.7. The van der Waals surface area contributed by atoms with E-state index in [0.717, 1.165) is 56.7 Å². The molecule has 21 heavy (non-hydrogen) atoms. The summed E-state index contributed by atoms with van der Waals surface area (Å²) in [6.07, 6.45) is 4.62. The molecule has 2 nitrogen and oxygen atoms in total. The summed E-state index contributed by atoms with van der Waals surface area (Å²) in [5.41, 5.74) is 2.34. The number of rotatable bonds is 6. The van der Waals surface area contributed by atoms with Gasteiger partial charge < -0.3 is 10.2 Å². The zero-order valence-electron chi connectivity index (χ0n) is 13.7. The van der Waals surface area contributed by atoms with E-state index < -0.39 is 0 Å². The van der Waals surface area contributed by atoms with Crippen LogP contribution in [-0.4, -0.2) is 19.6 Å². The van der Waals surface area contributed by atoms with Gasteiger partial charge in [-0.05, 0) is 42.9 Å². The van der Waals surface area contributed by atoms with Gasteiger partial charge in [0.1, 0.15) is 5.82 Å². The zero-order chi connectivity index (χ0) is 15.3. The van der Waals surface area contributed by atoms with E-state index in [1.165, 1.54) is 6.42 Å². The Morgan fingerprint density at radius 3 is 2.57 bits per heavy atom. The second-order valence-electron chi connectivity index (χ2n) is 6.58. The summed E-state index contributed by atoms with van der Waals surface area (Å²) in [7, 11) is 0. The van der Waals surface area contributed by atoms with Crippen LogP contribution in [0.25, 0.3) is 0 Å². The van der Waals surface area contributed by atoms with Gasteiger partial charge in [-0.2, -0.15) is 0 Å². The summed E-state index contributed by atoms with van der Waals surface area (Å²) in [5.74, 6) is -0.0779. The maximum atomic E-state index is 14.3. The summed E-state index contributed by atoms with van der Waals surface area (Å²) < 4.78 is 14.3. The molecular weight excluding hydrogens is 263 g/mol. The standard InChI is InChI=1S/C18H29FN2/c1-4-11-20-14-15-7-6-8-16(19)17(15)21-12-9-18(3,5-2)10-13-21/h6-8,20H,4-5,9-14H2,1-3H3. The third kappa shape index (κ3) is 3.97. The van der Waals surface area contributed by atoms with Crippen LogP contribution in [0.3, 0.4) is 0 Å². The van der Waals surface area contributed by atoms with Gasteiger partial charge in [0.2, 0.25) is 0 Å². The van der Waals surface area contributed by atoms with E-state index in [4.69, 9.17) is 0 Å². The first-order valence-electron chi connectivity index (χ1n) is 8.32. The van der Waals surface area contributed by atoms with Gasteiger partial charge >= 0.3 is 0 Å². The van der Waals surface area contributed by atoms with Crippen LogP contribution in [0.15, 0.2) is 18.2 Å². The molecule has 0 radical (unpaired) electrons. The number of halogens is 1. The van der Waals surface area contributed by atoms with E-state index in [2.05, 4.69) is 37.1 Å². The fourth-order valence-corrected chi connectivity index (χ4v) is 3.08. The Morgan fingerprint density at radius 2 is 1.95 bits per heavy atom. The molecule has 0 saturated carbocycles. The maximum Gasteiger partial charge on any atom is 0.146 e. The van der Waals surface area contributed by atoms with Crippen LogP contribution in [0.5, 0.6) is 0 Å². The van der Waals surface area contributed by atoms with E-state index in [1.807, 2.05) is 6.07 Å². The Balaban J connectivity index is 2.12. The lowest BCUT2D eigenvalue weighted by molar-refractivity contribution is 0.237. The second kappa shape index (κ2) is 7.26. The van der Waals surface area contributed by atoms with Crippen LogP contribution in [0.2, 0.25) is 0 Å². The van der Waals surface area contributed by atoms with Gasteiger partial charge in [0.15, 0.2) is 0 Å². The van der Waals surface area contributed by atoms with E-state index in [9.17, 15) is 4.39 Å². The number of hydrogen-bond acceptors (Lipinski definition) is 2. The smallest absolute Gasteiger partial charge is 0.146 e. The highest BCUT2D eigenvalue weighted by molar-refractivity contribution is 5.55. The van der Waals surface area contributed by atoms with Crippen molar-refractivity contribution in [3.63, 3.8) is 0 Å². The molecule has 1 aliphatic heterocycles. The molecule has 1 saturated heterocycles. The lowest BCUT2D eigenvalue weighted by atomic mass is 9.78. The SMILES string of the molecule is CCCNCc1cccc(F)c1N1CCC(C)(CC)CC1. The average molecular weight is 292 g/mol. The van der Waals surface area contributed by atoms with Crippen molar-refractivity contribution >= 4 is 5.69 Å². The largest absolute Gasteiger partial charge is 0.369 e. The molecule has 1 aliphatic rings. The molecule has 118 valence electrons. The molecule has 1 heterocycles. The Bertz CT molecular complexity index is 451. The van der Waals surface area contributed by atoms with Gasteiger partial charge in [0.25, 0.3) is 0 Å². The Hall–Kier alpha value is -1.09. The molecule has 1 aromatic rings. The monoisotopic (exact) mass is 292 g/mol. The van der Waals surface area contributed by atoms with Crippen molar-refractivity contribution in [2.24, 2.45) is 5.41 Å². The maximum absolute atomic E-state index is 14.3. The lowest BCUT2D eigenvalue weighted by Crippen LogP contribution is -2.39. The van der Waals surface area contributed by atoms with Crippen LogP contribution >= 0.6 is 0 Å². The Morgan fingerprint density at radius 1 is 1.24 bits per heavy atom. The molecule has 3 heteroatoms. The van der Waals surface area contributed by atoms with Gasteiger partial charge in [-0.1, -0.05) is 39.3 Å². The molecule has 0 aromatic heterocycles. The van der Waals surface area contributed by atoms with Crippen molar-refractivity contribution in [2.75, 3.05) is 24.5 Å². The highest BCUT2D eigenvalue weighted by Gasteiger charge is 2.30.